The highest BCUT2D eigenvalue weighted by Gasteiger charge is 2.26. The highest BCUT2D eigenvalue weighted by atomic mass is 35.5. The number of hydrogen-bond donors (Lipinski definition) is 1. The Morgan fingerprint density at radius 1 is 1.29 bits per heavy atom. The third kappa shape index (κ3) is 2.81. The maximum absolute atomic E-state index is 12.3. The van der Waals surface area contributed by atoms with E-state index in [1.807, 2.05) is 18.2 Å². The minimum atomic E-state index is -0.105. The van der Waals surface area contributed by atoms with Crippen LogP contribution in [-0.2, 0) is 11.2 Å². The predicted octanol–water partition coefficient (Wildman–Crippen LogP) is 2.89. The van der Waals surface area contributed by atoms with Gasteiger partial charge in [0.15, 0.2) is 6.61 Å². The van der Waals surface area contributed by atoms with E-state index in [4.69, 9.17) is 22.1 Å². The molecule has 108 valence electrons. The molecule has 0 spiro atoms. The topological polar surface area (TPSA) is 55.6 Å². The first-order valence-electron chi connectivity index (χ1n) is 6.71. The Labute approximate surface area is 128 Å². The van der Waals surface area contributed by atoms with Crippen LogP contribution in [0.25, 0.3) is 0 Å². The smallest absolute Gasteiger partial charge is 0.264 e. The zero-order valence-electron chi connectivity index (χ0n) is 11.4. The van der Waals surface area contributed by atoms with Crippen LogP contribution < -0.4 is 15.4 Å². The normalized spacial score (nSPS) is 13.1. The number of rotatable bonds is 3. The Morgan fingerprint density at radius 3 is 2.90 bits per heavy atom. The van der Waals surface area contributed by atoms with E-state index in [1.54, 1.807) is 29.2 Å². The fourth-order valence-electron chi connectivity index (χ4n) is 2.52. The van der Waals surface area contributed by atoms with E-state index in [0.717, 1.165) is 17.7 Å². The molecule has 0 aliphatic carbocycles. The largest absolute Gasteiger partial charge is 0.484 e. The number of carbonyl (C=O) groups is 1. The number of fused-ring (bicyclic) bond motifs is 1. The van der Waals surface area contributed by atoms with Gasteiger partial charge in [0, 0.05) is 11.6 Å². The molecule has 0 radical (unpaired) electrons. The summed E-state index contributed by atoms with van der Waals surface area (Å²) in [7, 11) is 0. The highest BCUT2D eigenvalue weighted by molar-refractivity contribution is 6.30. The van der Waals surface area contributed by atoms with E-state index >= 15 is 0 Å². The van der Waals surface area contributed by atoms with Gasteiger partial charge >= 0.3 is 0 Å². The van der Waals surface area contributed by atoms with E-state index in [9.17, 15) is 4.79 Å². The number of ether oxygens (including phenoxy) is 1. The van der Waals surface area contributed by atoms with Crippen molar-refractivity contribution in [1.29, 1.82) is 0 Å². The third-order valence-electron chi connectivity index (χ3n) is 3.48. The third-order valence-corrected chi connectivity index (χ3v) is 3.72. The van der Waals surface area contributed by atoms with Gasteiger partial charge in [0.05, 0.1) is 11.4 Å². The fraction of sp³-hybridized carbons (Fsp3) is 0.188. The Balaban J connectivity index is 1.71. The quantitative estimate of drug-likeness (QED) is 0.887. The summed E-state index contributed by atoms with van der Waals surface area (Å²) in [5, 5.41) is 0.579. The summed E-state index contributed by atoms with van der Waals surface area (Å²) in [6.45, 7) is 0.607. The molecular weight excluding hydrogens is 288 g/mol. The predicted molar refractivity (Wildman–Crippen MR) is 83.9 cm³/mol. The van der Waals surface area contributed by atoms with Crippen LogP contribution in [0.1, 0.15) is 5.56 Å². The summed E-state index contributed by atoms with van der Waals surface area (Å²) in [6.07, 6.45) is 0.823. The van der Waals surface area contributed by atoms with Crippen LogP contribution in [0.2, 0.25) is 5.02 Å². The van der Waals surface area contributed by atoms with Gasteiger partial charge < -0.3 is 15.4 Å². The molecule has 4 nitrogen and oxygen atoms in total. The molecular formula is C16H15ClN2O2. The lowest BCUT2D eigenvalue weighted by Gasteiger charge is -2.19. The average molecular weight is 303 g/mol. The van der Waals surface area contributed by atoms with Crippen LogP contribution in [0.15, 0.2) is 42.5 Å². The summed E-state index contributed by atoms with van der Waals surface area (Å²) < 4.78 is 5.50. The molecule has 3 rings (SSSR count). The first-order valence-corrected chi connectivity index (χ1v) is 7.09. The molecule has 0 fully saturated rings. The van der Waals surface area contributed by atoms with Crippen molar-refractivity contribution in [3.8, 4) is 5.75 Å². The van der Waals surface area contributed by atoms with Gasteiger partial charge in [0.2, 0.25) is 0 Å². The van der Waals surface area contributed by atoms with Crippen molar-refractivity contribution in [1.82, 2.24) is 0 Å². The fourth-order valence-corrected chi connectivity index (χ4v) is 2.70. The summed E-state index contributed by atoms with van der Waals surface area (Å²) in [6, 6.07) is 12.7. The molecule has 5 heteroatoms. The second kappa shape index (κ2) is 5.66. The summed E-state index contributed by atoms with van der Waals surface area (Å²) in [4.78, 5) is 14.0. The van der Waals surface area contributed by atoms with Crippen LogP contribution in [0, 0.1) is 0 Å². The van der Waals surface area contributed by atoms with E-state index < -0.39 is 0 Å². The average Bonchev–Trinajstić information content (AvgIpc) is 2.90. The number of carbonyl (C=O) groups excluding carboxylic acids is 1. The standard InChI is InChI=1S/C16H15ClN2O2/c17-12-4-2-5-13(9-12)21-10-15(20)19-8-7-11-3-1-6-14(18)16(11)19/h1-6,9H,7-8,10,18H2. The number of para-hydroxylation sites is 1. The lowest BCUT2D eigenvalue weighted by molar-refractivity contribution is -0.120. The number of benzene rings is 2. The molecule has 2 N–H and O–H groups in total. The Morgan fingerprint density at radius 2 is 2.10 bits per heavy atom. The Bertz CT molecular complexity index is 688. The number of anilines is 2. The molecule has 2 aromatic carbocycles. The number of nitrogens with zero attached hydrogens (tertiary/aromatic N) is 1. The molecule has 21 heavy (non-hydrogen) atoms. The van der Waals surface area contributed by atoms with Crippen molar-refractivity contribution < 1.29 is 9.53 Å². The van der Waals surface area contributed by atoms with Gasteiger partial charge in [-0.2, -0.15) is 0 Å². The summed E-state index contributed by atoms with van der Waals surface area (Å²) >= 11 is 5.88. The van der Waals surface area contributed by atoms with Crippen molar-refractivity contribution in [2.75, 3.05) is 23.8 Å². The maximum Gasteiger partial charge on any atom is 0.264 e. The van der Waals surface area contributed by atoms with Crippen LogP contribution in [0.5, 0.6) is 5.75 Å². The molecule has 1 aliphatic heterocycles. The SMILES string of the molecule is Nc1cccc2c1N(C(=O)COc1cccc(Cl)c1)CC2. The Hall–Kier alpha value is -2.20. The number of halogens is 1. The van der Waals surface area contributed by atoms with Crippen molar-refractivity contribution in [2.24, 2.45) is 0 Å². The van der Waals surface area contributed by atoms with E-state index in [2.05, 4.69) is 0 Å². The second-order valence-corrected chi connectivity index (χ2v) is 5.33. The monoisotopic (exact) mass is 302 g/mol. The first kappa shape index (κ1) is 13.8. The van der Waals surface area contributed by atoms with Crippen LogP contribution >= 0.6 is 11.6 Å². The molecule has 0 saturated carbocycles. The molecule has 0 unspecified atom stereocenters. The van der Waals surface area contributed by atoms with Crippen LogP contribution in [0.3, 0.4) is 0 Å². The lowest BCUT2D eigenvalue weighted by Crippen LogP contribution is -2.33. The Kier molecular flexibility index (Phi) is 3.71. The summed E-state index contributed by atoms with van der Waals surface area (Å²) in [5.74, 6) is 0.475. The minimum absolute atomic E-state index is 0.0336. The van der Waals surface area contributed by atoms with Gasteiger partial charge in [-0.3, -0.25) is 4.79 Å². The van der Waals surface area contributed by atoms with Gasteiger partial charge in [-0.1, -0.05) is 29.8 Å². The zero-order chi connectivity index (χ0) is 14.8. The molecule has 0 saturated heterocycles. The number of nitrogen functional groups attached to an aromatic ring is 1. The van der Waals surface area contributed by atoms with E-state index in [0.29, 0.717) is 23.0 Å². The lowest BCUT2D eigenvalue weighted by atomic mass is 10.1. The maximum atomic E-state index is 12.3. The van der Waals surface area contributed by atoms with Crippen molar-refractivity contribution >= 4 is 28.9 Å². The number of nitrogens with two attached hydrogens (primary N) is 1. The van der Waals surface area contributed by atoms with Gasteiger partial charge in [0.25, 0.3) is 5.91 Å². The molecule has 0 bridgehead atoms. The molecule has 1 amide bonds. The molecule has 2 aromatic rings. The zero-order valence-corrected chi connectivity index (χ0v) is 12.1. The van der Waals surface area contributed by atoms with Gasteiger partial charge in [-0.05, 0) is 36.2 Å². The van der Waals surface area contributed by atoms with Gasteiger partial charge in [-0.15, -0.1) is 0 Å². The number of amides is 1. The molecule has 1 aliphatic rings. The molecule has 1 heterocycles. The van der Waals surface area contributed by atoms with Gasteiger partial charge in [0.1, 0.15) is 5.75 Å². The summed E-state index contributed by atoms with van der Waals surface area (Å²) in [5.41, 5.74) is 8.52. The number of hydrogen-bond acceptors (Lipinski definition) is 3. The molecule has 0 atom stereocenters. The first-order chi connectivity index (χ1) is 10.1. The van der Waals surface area contributed by atoms with Crippen molar-refractivity contribution in [2.45, 2.75) is 6.42 Å². The minimum Gasteiger partial charge on any atom is -0.484 e. The second-order valence-electron chi connectivity index (χ2n) is 4.90. The van der Waals surface area contributed by atoms with Crippen LogP contribution in [-0.4, -0.2) is 19.1 Å². The van der Waals surface area contributed by atoms with Crippen molar-refractivity contribution in [3.05, 3.63) is 53.1 Å². The molecule has 0 aromatic heterocycles. The van der Waals surface area contributed by atoms with E-state index in [1.165, 1.54) is 0 Å². The van der Waals surface area contributed by atoms with Crippen molar-refractivity contribution in [3.63, 3.8) is 0 Å². The van der Waals surface area contributed by atoms with Crippen LogP contribution in [0.4, 0.5) is 11.4 Å². The van der Waals surface area contributed by atoms with E-state index in [-0.39, 0.29) is 12.5 Å². The van der Waals surface area contributed by atoms with Gasteiger partial charge in [-0.25, -0.2) is 0 Å². The highest BCUT2D eigenvalue weighted by Crippen LogP contribution is 2.33.